The van der Waals surface area contributed by atoms with Gasteiger partial charge in [-0.3, -0.25) is 14.5 Å². The number of amides is 2. The Morgan fingerprint density at radius 2 is 1.60 bits per heavy atom. The van der Waals surface area contributed by atoms with Gasteiger partial charge in [-0.15, -0.1) is 11.8 Å². The molecule has 3 aromatic carbocycles. The smallest absolute Gasteiger partial charge is 0.269 e. The zero-order valence-electron chi connectivity index (χ0n) is 16.3. The topological polar surface area (TPSA) is 40.6 Å². The van der Waals surface area contributed by atoms with Crippen LogP contribution in [0.2, 0.25) is 5.02 Å². The third-order valence-corrected chi connectivity index (χ3v) is 7.32. The molecule has 150 valence electrons. The number of rotatable bonds is 3. The molecule has 0 saturated carbocycles. The fraction of sp³-hybridized carbons (Fsp3) is 0.167. The first-order valence-corrected chi connectivity index (χ1v) is 11.0. The second-order valence-electron chi connectivity index (χ2n) is 7.45. The molecule has 1 fully saturated rings. The van der Waals surface area contributed by atoms with E-state index in [1.54, 1.807) is 9.80 Å². The van der Waals surface area contributed by atoms with Crippen molar-refractivity contribution in [3.63, 3.8) is 0 Å². The number of carbonyl (C=O) groups is 2. The summed E-state index contributed by atoms with van der Waals surface area (Å²) in [4.78, 5) is 29.6. The van der Waals surface area contributed by atoms with Gasteiger partial charge < -0.3 is 4.90 Å². The Balaban J connectivity index is 1.65. The summed E-state index contributed by atoms with van der Waals surface area (Å²) in [5.41, 5.74) is 3.41. The van der Waals surface area contributed by atoms with Crippen molar-refractivity contribution in [3.05, 3.63) is 95.0 Å². The van der Waals surface area contributed by atoms with Gasteiger partial charge in [-0.1, -0.05) is 60.1 Å². The van der Waals surface area contributed by atoms with Gasteiger partial charge in [-0.2, -0.15) is 0 Å². The summed E-state index contributed by atoms with van der Waals surface area (Å²) in [5.74, 6) is -0.145. The number of anilines is 2. The Hall–Kier alpha value is -2.76. The Morgan fingerprint density at radius 1 is 0.933 bits per heavy atom. The van der Waals surface area contributed by atoms with Crippen molar-refractivity contribution in [2.45, 2.75) is 23.6 Å². The maximum Gasteiger partial charge on any atom is 0.269 e. The Bertz CT molecular complexity index is 1140. The number of nitrogens with zero attached hydrogens (tertiary/aromatic N) is 2. The van der Waals surface area contributed by atoms with Gasteiger partial charge in [0.2, 0.25) is 10.8 Å². The van der Waals surface area contributed by atoms with Crippen LogP contribution in [0, 0.1) is 0 Å². The molecule has 0 radical (unpaired) electrons. The zero-order chi connectivity index (χ0) is 20.9. The molecule has 0 unspecified atom stereocenters. The average molecular weight is 435 g/mol. The lowest BCUT2D eigenvalue weighted by atomic mass is 10.0. The number of benzene rings is 3. The van der Waals surface area contributed by atoms with Crippen molar-refractivity contribution in [1.82, 2.24) is 0 Å². The van der Waals surface area contributed by atoms with E-state index >= 15 is 0 Å². The first kappa shape index (κ1) is 19.2. The molecular weight excluding hydrogens is 416 g/mol. The first-order valence-electron chi connectivity index (χ1n) is 9.75. The van der Waals surface area contributed by atoms with Crippen molar-refractivity contribution in [2.24, 2.45) is 0 Å². The molecule has 0 N–H and O–H groups in total. The van der Waals surface area contributed by atoms with Crippen LogP contribution in [0.3, 0.4) is 0 Å². The Kier molecular flexibility index (Phi) is 4.60. The largest absolute Gasteiger partial charge is 0.304 e. The van der Waals surface area contributed by atoms with Gasteiger partial charge in [0.1, 0.15) is 0 Å². The maximum absolute atomic E-state index is 14.0. The number of hydrogen-bond donors (Lipinski definition) is 0. The summed E-state index contributed by atoms with van der Waals surface area (Å²) < 4.78 is 0. The zero-order valence-corrected chi connectivity index (χ0v) is 17.9. The van der Waals surface area contributed by atoms with E-state index in [9.17, 15) is 9.59 Å². The molecule has 2 atom stereocenters. The number of thioether (sulfide) groups is 1. The van der Waals surface area contributed by atoms with Crippen molar-refractivity contribution in [1.29, 1.82) is 0 Å². The van der Waals surface area contributed by atoms with E-state index in [0.29, 0.717) is 11.6 Å². The van der Waals surface area contributed by atoms with E-state index < -0.39 is 4.87 Å². The van der Waals surface area contributed by atoms with Crippen LogP contribution < -0.4 is 9.80 Å². The number of carbonyl (C=O) groups excluding carboxylic acids is 2. The predicted molar refractivity (Wildman–Crippen MR) is 122 cm³/mol. The third kappa shape index (κ3) is 2.76. The van der Waals surface area contributed by atoms with E-state index in [2.05, 4.69) is 0 Å². The van der Waals surface area contributed by atoms with E-state index in [1.807, 2.05) is 85.8 Å². The van der Waals surface area contributed by atoms with Crippen LogP contribution in [-0.4, -0.2) is 17.1 Å². The molecule has 2 amide bonds. The molecular formula is C24H19ClN2O2S. The van der Waals surface area contributed by atoms with Gasteiger partial charge in [0.05, 0.1) is 17.5 Å². The van der Waals surface area contributed by atoms with Crippen LogP contribution in [-0.2, 0) is 21.0 Å². The summed E-state index contributed by atoms with van der Waals surface area (Å²) in [6.07, 6.45) is 0. The second kappa shape index (κ2) is 7.18. The number of fused-ring (bicyclic) bond motifs is 2. The minimum absolute atomic E-state index is 0.0531. The molecule has 2 aliphatic rings. The summed E-state index contributed by atoms with van der Waals surface area (Å²) >= 11 is 7.45. The van der Waals surface area contributed by atoms with Gasteiger partial charge in [0.15, 0.2) is 0 Å². The standard InChI is InChI=1S/C24H19ClN2O2S/c1-16-22(28)27(19-7-3-2-4-8-19)24(30-16)20-9-5-6-10-21(20)26(23(24)29)15-17-11-13-18(25)14-12-17/h2-14,16H,15H2,1H3/t16-,24-/m1/s1. The van der Waals surface area contributed by atoms with Crippen LogP contribution in [0.25, 0.3) is 0 Å². The summed E-state index contributed by atoms with van der Waals surface area (Å²) in [6.45, 7) is 2.29. The van der Waals surface area contributed by atoms with Crippen LogP contribution in [0.4, 0.5) is 11.4 Å². The van der Waals surface area contributed by atoms with Gasteiger partial charge in [0, 0.05) is 16.3 Å². The highest BCUT2D eigenvalue weighted by atomic mass is 35.5. The quantitative estimate of drug-likeness (QED) is 0.568. The van der Waals surface area contributed by atoms with Crippen molar-refractivity contribution in [2.75, 3.05) is 9.80 Å². The van der Waals surface area contributed by atoms with Crippen molar-refractivity contribution < 1.29 is 9.59 Å². The second-order valence-corrected chi connectivity index (χ2v) is 9.42. The molecule has 6 heteroatoms. The highest BCUT2D eigenvalue weighted by Crippen LogP contribution is 2.57. The van der Waals surface area contributed by atoms with Gasteiger partial charge >= 0.3 is 0 Å². The van der Waals surface area contributed by atoms with Crippen LogP contribution in [0.5, 0.6) is 0 Å². The number of halogens is 1. The van der Waals surface area contributed by atoms with Gasteiger partial charge in [0.25, 0.3) is 5.91 Å². The molecule has 0 aliphatic carbocycles. The van der Waals surface area contributed by atoms with E-state index in [4.69, 9.17) is 11.6 Å². The van der Waals surface area contributed by atoms with Crippen molar-refractivity contribution in [3.8, 4) is 0 Å². The summed E-state index contributed by atoms with van der Waals surface area (Å²) in [6, 6.07) is 24.7. The van der Waals surface area contributed by atoms with E-state index in [0.717, 1.165) is 22.5 Å². The molecule has 3 aromatic rings. The predicted octanol–water partition coefficient (Wildman–Crippen LogP) is 5.21. The monoisotopic (exact) mass is 434 g/mol. The van der Waals surface area contributed by atoms with Crippen LogP contribution in [0.1, 0.15) is 18.1 Å². The lowest BCUT2D eigenvalue weighted by Crippen LogP contribution is -2.49. The molecule has 30 heavy (non-hydrogen) atoms. The first-order chi connectivity index (χ1) is 14.5. The van der Waals surface area contributed by atoms with Crippen LogP contribution >= 0.6 is 23.4 Å². The van der Waals surface area contributed by atoms with Crippen molar-refractivity contribution >= 4 is 46.6 Å². The fourth-order valence-electron chi connectivity index (χ4n) is 4.24. The number of para-hydroxylation sites is 2. The molecule has 2 heterocycles. The lowest BCUT2D eigenvalue weighted by Gasteiger charge is -2.33. The third-order valence-electron chi connectivity index (χ3n) is 5.59. The average Bonchev–Trinajstić information content (AvgIpc) is 3.16. The number of hydrogen-bond acceptors (Lipinski definition) is 3. The fourth-order valence-corrected chi connectivity index (χ4v) is 5.90. The SMILES string of the molecule is C[C@H]1S[C@]2(C(=O)N(Cc3ccc(Cl)cc3)c3ccccc32)N(c2ccccc2)C1=O. The highest BCUT2D eigenvalue weighted by molar-refractivity contribution is 8.03. The summed E-state index contributed by atoms with van der Waals surface area (Å²) in [7, 11) is 0. The molecule has 4 nitrogen and oxygen atoms in total. The van der Waals surface area contributed by atoms with E-state index in [-0.39, 0.29) is 17.1 Å². The minimum atomic E-state index is -1.10. The van der Waals surface area contributed by atoms with E-state index in [1.165, 1.54) is 11.8 Å². The lowest BCUT2D eigenvalue weighted by molar-refractivity contribution is -0.124. The molecule has 1 saturated heterocycles. The van der Waals surface area contributed by atoms with Gasteiger partial charge in [-0.05, 0) is 42.8 Å². The molecule has 2 aliphatic heterocycles. The molecule has 0 aromatic heterocycles. The van der Waals surface area contributed by atoms with Gasteiger partial charge in [-0.25, -0.2) is 0 Å². The molecule has 0 bridgehead atoms. The molecule has 5 rings (SSSR count). The highest BCUT2D eigenvalue weighted by Gasteiger charge is 2.63. The normalized spacial score (nSPS) is 22.8. The Morgan fingerprint density at radius 3 is 2.33 bits per heavy atom. The molecule has 1 spiro atoms. The maximum atomic E-state index is 14.0. The van der Waals surface area contributed by atoms with Crippen LogP contribution in [0.15, 0.2) is 78.9 Å². The Labute approximate surface area is 184 Å². The minimum Gasteiger partial charge on any atom is -0.304 e. The summed E-state index contributed by atoms with van der Waals surface area (Å²) in [5, 5.41) is 0.335.